The van der Waals surface area contributed by atoms with Gasteiger partial charge in [0, 0.05) is 0 Å². The molecular formula is C6H7ClF3NO. The van der Waals surface area contributed by atoms with Crippen molar-refractivity contribution in [2.75, 3.05) is 5.88 Å². The summed E-state index contributed by atoms with van der Waals surface area (Å²) in [6.07, 6.45) is -4.44. The molecule has 1 fully saturated rings. The Labute approximate surface area is 72.1 Å². The summed E-state index contributed by atoms with van der Waals surface area (Å²) >= 11 is 5.06. The van der Waals surface area contributed by atoms with Crippen LogP contribution in [-0.4, -0.2) is 23.5 Å². The first-order valence-electron chi connectivity index (χ1n) is 3.35. The predicted molar refractivity (Wildman–Crippen MR) is 36.9 cm³/mol. The van der Waals surface area contributed by atoms with Gasteiger partial charge in [-0.05, 0) is 12.8 Å². The zero-order valence-corrected chi connectivity index (χ0v) is 6.80. The second-order valence-electron chi connectivity index (χ2n) is 2.76. The molecular weight excluding hydrogens is 195 g/mol. The number of hydrogen-bond acceptors (Lipinski definition) is 1. The number of carbonyl (C=O) groups is 1. The van der Waals surface area contributed by atoms with E-state index in [1.807, 2.05) is 5.32 Å². The van der Waals surface area contributed by atoms with Crippen LogP contribution in [0.2, 0.25) is 0 Å². The standard InChI is InChI=1S/C6H7ClF3NO/c7-3-4(12)11-5(1-2-5)6(8,9)10/h1-3H2,(H,11,12). The highest BCUT2D eigenvalue weighted by Gasteiger charge is 2.64. The number of amides is 1. The molecule has 1 aliphatic rings. The maximum absolute atomic E-state index is 12.1. The van der Waals surface area contributed by atoms with Crippen LogP contribution in [-0.2, 0) is 4.79 Å². The van der Waals surface area contributed by atoms with Crippen molar-refractivity contribution < 1.29 is 18.0 Å². The van der Waals surface area contributed by atoms with E-state index in [2.05, 4.69) is 0 Å². The molecule has 0 bridgehead atoms. The molecule has 1 rings (SSSR count). The van der Waals surface area contributed by atoms with Gasteiger partial charge in [-0.25, -0.2) is 0 Å². The molecule has 70 valence electrons. The summed E-state index contributed by atoms with van der Waals surface area (Å²) in [7, 11) is 0. The highest BCUT2D eigenvalue weighted by Crippen LogP contribution is 2.48. The van der Waals surface area contributed by atoms with Gasteiger partial charge in [-0.3, -0.25) is 4.79 Å². The fourth-order valence-corrected chi connectivity index (χ4v) is 0.971. The van der Waals surface area contributed by atoms with E-state index < -0.39 is 23.5 Å². The summed E-state index contributed by atoms with van der Waals surface area (Å²) in [6, 6.07) is 0. The van der Waals surface area contributed by atoms with Crippen LogP contribution in [0.5, 0.6) is 0 Å². The van der Waals surface area contributed by atoms with E-state index in [1.54, 1.807) is 0 Å². The van der Waals surface area contributed by atoms with E-state index in [4.69, 9.17) is 11.6 Å². The third-order valence-electron chi connectivity index (χ3n) is 1.79. The van der Waals surface area contributed by atoms with Crippen LogP contribution in [0.15, 0.2) is 0 Å². The molecule has 0 aromatic heterocycles. The summed E-state index contributed by atoms with van der Waals surface area (Å²) in [5.41, 5.74) is -1.97. The lowest BCUT2D eigenvalue weighted by molar-refractivity contribution is -0.169. The van der Waals surface area contributed by atoms with Crippen molar-refractivity contribution in [3.63, 3.8) is 0 Å². The van der Waals surface area contributed by atoms with Gasteiger partial charge in [-0.1, -0.05) is 0 Å². The maximum Gasteiger partial charge on any atom is 0.411 e. The minimum Gasteiger partial charge on any atom is -0.341 e. The lowest BCUT2D eigenvalue weighted by Gasteiger charge is -2.19. The van der Waals surface area contributed by atoms with Crippen LogP contribution in [0.1, 0.15) is 12.8 Å². The summed E-state index contributed by atoms with van der Waals surface area (Å²) in [6.45, 7) is 0. The van der Waals surface area contributed by atoms with Gasteiger partial charge in [0.05, 0.1) is 0 Å². The first kappa shape index (κ1) is 9.64. The van der Waals surface area contributed by atoms with Gasteiger partial charge in [-0.15, -0.1) is 11.6 Å². The van der Waals surface area contributed by atoms with Crippen molar-refractivity contribution in [3.8, 4) is 0 Å². The molecule has 0 saturated heterocycles. The van der Waals surface area contributed by atoms with E-state index >= 15 is 0 Å². The predicted octanol–water partition coefficient (Wildman–Crippen LogP) is 1.44. The van der Waals surface area contributed by atoms with Gasteiger partial charge in [0.2, 0.25) is 5.91 Å². The second kappa shape index (κ2) is 2.80. The first-order valence-corrected chi connectivity index (χ1v) is 3.88. The van der Waals surface area contributed by atoms with E-state index in [0.717, 1.165) is 0 Å². The Kier molecular flexibility index (Phi) is 2.25. The summed E-state index contributed by atoms with van der Waals surface area (Å²) in [5, 5.41) is 1.86. The Hall–Kier alpha value is -0.450. The van der Waals surface area contributed by atoms with Crippen molar-refractivity contribution in [2.24, 2.45) is 0 Å². The van der Waals surface area contributed by atoms with E-state index in [0.29, 0.717) is 0 Å². The lowest BCUT2D eigenvalue weighted by Crippen LogP contribution is -2.48. The minimum absolute atomic E-state index is 0.0425. The van der Waals surface area contributed by atoms with Gasteiger partial charge in [0.25, 0.3) is 0 Å². The van der Waals surface area contributed by atoms with Crippen molar-refractivity contribution >= 4 is 17.5 Å². The van der Waals surface area contributed by atoms with Crippen LogP contribution in [0.25, 0.3) is 0 Å². The number of rotatable bonds is 2. The third kappa shape index (κ3) is 1.65. The zero-order valence-electron chi connectivity index (χ0n) is 6.04. The van der Waals surface area contributed by atoms with Crippen LogP contribution in [0.3, 0.4) is 0 Å². The normalized spacial score (nSPS) is 20.3. The number of alkyl halides is 4. The third-order valence-corrected chi connectivity index (χ3v) is 2.04. The summed E-state index contributed by atoms with van der Waals surface area (Å²) in [4.78, 5) is 10.6. The topological polar surface area (TPSA) is 29.1 Å². The van der Waals surface area contributed by atoms with Crippen molar-refractivity contribution in [1.82, 2.24) is 5.32 Å². The molecule has 0 atom stereocenters. The van der Waals surface area contributed by atoms with Crippen LogP contribution >= 0.6 is 11.6 Å². The Morgan fingerprint density at radius 2 is 2.00 bits per heavy atom. The fourth-order valence-electron chi connectivity index (χ4n) is 0.905. The van der Waals surface area contributed by atoms with Gasteiger partial charge in [-0.2, -0.15) is 13.2 Å². The molecule has 0 radical (unpaired) electrons. The van der Waals surface area contributed by atoms with Gasteiger partial charge >= 0.3 is 6.18 Å². The lowest BCUT2D eigenvalue weighted by atomic mass is 10.2. The molecule has 2 nitrogen and oxygen atoms in total. The Morgan fingerprint density at radius 1 is 1.50 bits per heavy atom. The molecule has 0 aromatic rings. The Morgan fingerprint density at radius 3 is 2.25 bits per heavy atom. The summed E-state index contributed by atoms with van der Waals surface area (Å²) in [5.74, 6) is -1.20. The number of nitrogens with one attached hydrogen (secondary N) is 1. The van der Waals surface area contributed by atoms with E-state index in [-0.39, 0.29) is 12.8 Å². The monoisotopic (exact) mass is 201 g/mol. The van der Waals surface area contributed by atoms with E-state index in [1.165, 1.54) is 0 Å². The highest BCUT2D eigenvalue weighted by atomic mass is 35.5. The minimum atomic E-state index is -4.35. The molecule has 1 aliphatic carbocycles. The molecule has 6 heteroatoms. The molecule has 12 heavy (non-hydrogen) atoms. The molecule has 1 amide bonds. The zero-order chi connectivity index (χ0) is 9.41. The molecule has 0 heterocycles. The quantitative estimate of drug-likeness (QED) is 0.673. The average Bonchev–Trinajstić information content (AvgIpc) is 2.67. The van der Waals surface area contributed by atoms with Crippen LogP contribution in [0, 0.1) is 0 Å². The summed E-state index contributed by atoms with van der Waals surface area (Å²) < 4.78 is 36.4. The molecule has 0 aromatic carbocycles. The number of halogens is 4. The maximum atomic E-state index is 12.1. The molecule has 0 spiro atoms. The van der Waals surface area contributed by atoms with Gasteiger partial charge in [0.1, 0.15) is 11.4 Å². The average molecular weight is 202 g/mol. The number of carbonyl (C=O) groups excluding carboxylic acids is 1. The fraction of sp³-hybridized carbons (Fsp3) is 0.833. The molecule has 1 saturated carbocycles. The Bertz CT molecular complexity index is 199. The molecule has 0 unspecified atom stereocenters. The van der Waals surface area contributed by atoms with Crippen molar-refractivity contribution in [2.45, 2.75) is 24.6 Å². The van der Waals surface area contributed by atoms with E-state index in [9.17, 15) is 18.0 Å². The first-order chi connectivity index (χ1) is 5.41. The van der Waals surface area contributed by atoms with Crippen molar-refractivity contribution in [1.29, 1.82) is 0 Å². The number of hydrogen-bond donors (Lipinski definition) is 1. The highest BCUT2D eigenvalue weighted by molar-refractivity contribution is 6.27. The van der Waals surface area contributed by atoms with Gasteiger partial charge in [0.15, 0.2) is 0 Å². The van der Waals surface area contributed by atoms with Crippen LogP contribution < -0.4 is 5.32 Å². The van der Waals surface area contributed by atoms with Crippen molar-refractivity contribution in [3.05, 3.63) is 0 Å². The largest absolute Gasteiger partial charge is 0.411 e. The Balaban J connectivity index is 2.56. The smallest absolute Gasteiger partial charge is 0.341 e. The molecule has 1 N–H and O–H groups in total. The molecule has 0 aliphatic heterocycles. The van der Waals surface area contributed by atoms with Gasteiger partial charge < -0.3 is 5.32 Å². The second-order valence-corrected chi connectivity index (χ2v) is 3.03. The van der Waals surface area contributed by atoms with Crippen LogP contribution in [0.4, 0.5) is 13.2 Å². The SMILES string of the molecule is O=C(CCl)NC1(C(F)(F)F)CC1.